The number of rotatable bonds is 12. The Balaban J connectivity index is 2.32. The first kappa shape index (κ1) is 22.3. The number of halogens is 3. The molecule has 0 aliphatic carbocycles. The third-order valence-electron chi connectivity index (χ3n) is 4.42. The van der Waals surface area contributed by atoms with Gasteiger partial charge in [0, 0.05) is 19.0 Å². The summed E-state index contributed by atoms with van der Waals surface area (Å²) in [6, 6.07) is 3.49. The van der Waals surface area contributed by atoms with Gasteiger partial charge in [-0.15, -0.1) is 0 Å². The molecule has 0 aromatic heterocycles. The third-order valence-corrected chi connectivity index (χ3v) is 4.42. The standard InChI is InChI=1S/C19H29F3N2O2/c1-3-23-17-14-16(15(2)13-18(17)24(25)26)11-9-7-5-4-6-8-10-12-19(20,21)22/h13-14,23H,3-12H2,1-2H3. The largest absolute Gasteiger partial charge is 0.389 e. The molecule has 1 rings (SSSR count). The minimum atomic E-state index is -4.03. The SMILES string of the molecule is CCNc1cc(CCCCCCCCCC(F)(F)F)c(C)cc1[N+](=O)[O-]. The predicted molar refractivity (Wildman–Crippen MR) is 98.7 cm³/mol. The fourth-order valence-corrected chi connectivity index (χ4v) is 3.01. The maximum Gasteiger partial charge on any atom is 0.389 e. The molecule has 0 saturated carbocycles. The zero-order chi connectivity index (χ0) is 19.6. The van der Waals surface area contributed by atoms with E-state index in [0.717, 1.165) is 49.7 Å². The quantitative estimate of drug-likeness (QED) is 0.256. The Morgan fingerprint density at radius 3 is 2.15 bits per heavy atom. The van der Waals surface area contributed by atoms with E-state index in [4.69, 9.17) is 0 Å². The van der Waals surface area contributed by atoms with Crippen molar-refractivity contribution in [3.05, 3.63) is 33.4 Å². The van der Waals surface area contributed by atoms with E-state index in [1.165, 1.54) is 0 Å². The number of aryl methyl sites for hydroxylation is 2. The van der Waals surface area contributed by atoms with E-state index in [9.17, 15) is 23.3 Å². The first-order chi connectivity index (χ1) is 12.2. The minimum absolute atomic E-state index is 0.104. The Kier molecular flexibility index (Phi) is 9.44. The highest BCUT2D eigenvalue weighted by molar-refractivity contribution is 5.64. The Bertz CT molecular complexity index is 575. The Morgan fingerprint density at radius 1 is 1.04 bits per heavy atom. The molecule has 0 bridgehead atoms. The highest BCUT2D eigenvalue weighted by Gasteiger charge is 2.25. The molecule has 7 heteroatoms. The first-order valence-corrected chi connectivity index (χ1v) is 9.33. The van der Waals surface area contributed by atoms with Crippen molar-refractivity contribution in [1.29, 1.82) is 0 Å². The van der Waals surface area contributed by atoms with E-state index in [1.54, 1.807) is 6.07 Å². The molecule has 1 aromatic carbocycles. The van der Waals surface area contributed by atoms with Crippen LogP contribution in [0.1, 0.15) is 69.4 Å². The smallest absolute Gasteiger partial charge is 0.380 e. The van der Waals surface area contributed by atoms with Gasteiger partial charge in [0.25, 0.3) is 5.69 Å². The van der Waals surface area contributed by atoms with Crippen molar-refractivity contribution in [3.63, 3.8) is 0 Å². The van der Waals surface area contributed by atoms with Crippen LogP contribution >= 0.6 is 0 Å². The number of nitro benzene ring substituents is 1. The number of nitrogens with zero attached hydrogens (tertiary/aromatic N) is 1. The lowest BCUT2D eigenvalue weighted by Crippen LogP contribution is -2.06. The first-order valence-electron chi connectivity index (χ1n) is 9.33. The van der Waals surface area contributed by atoms with Crippen LogP contribution in [0.15, 0.2) is 12.1 Å². The van der Waals surface area contributed by atoms with Gasteiger partial charge in [0.15, 0.2) is 0 Å². The topological polar surface area (TPSA) is 55.2 Å². The van der Waals surface area contributed by atoms with Crippen LogP contribution in [-0.4, -0.2) is 17.6 Å². The van der Waals surface area contributed by atoms with Crippen LogP contribution in [0.5, 0.6) is 0 Å². The zero-order valence-electron chi connectivity index (χ0n) is 15.6. The van der Waals surface area contributed by atoms with E-state index in [2.05, 4.69) is 5.32 Å². The normalized spacial score (nSPS) is 11.6. The Hall–Kier alpha value is -1.79. The number of nitro groups is 1. The summed E-state index contributed by atoms with van der Waals surface area (Å²) in [5.41, 5.74) is 2.69. The molecule has 0 aliphatic rings. The van der Waals surface area contributed by atoms with Crippen LogP contribution in [0, 0.1) is 17.0 Å². The van der Waals surface area contributed by atoms with Gasteiger partial charge in [0.2, 0.25) is 0 Å². The summed E-state index contributed by atoms with van der Waals surface area (Å²) in [6.07, 6.45) is 1.81. The molecule has 1 N–H and O–H groups in total. The van der Waals surface area contributed by atoms with Crippen molar-refractivity contribution >= 4 is 11.4 Å². The monoisotopic (exact) mass is 374 g/mol. The van der Waals surface area contributed by atoms with Crippen LogP contribution in [0.2, 0.25) is 0 Å². The van der Waals surface area contributed by atoms with Crippen LogP contribution in [0.3, 0.4) is 0 Å². The summed E-state index contributed by atoms with van der Waals surface area (Å²) in [5.74, 6) is 0. The number of hydrogen-bond acceptors (Lipinski definition) is 3. The van der Waals surface area contributed by atoms with Crippen LogP contribution in [0.25, 0.3) is 0 Å². The fraction of sp³-hybridized carbons (Fsp3) is 0.684. The molecule has 0 unspecified atom stereocenters. The molecule has 0 fully saturated rings. The second-order valence-corrected chi connectivity index (χ2v) is 6.67. The lowest BCUT2D eigenvalue weighted by atomic mass is 9.99. The third kappa shape index (κ3) is 8.54. The van der Waals surface area contributed by atoms with Gasteiger partial charge in [-0.05, 0) is 50.3 Å². The number of alkyl halides is 3. The summed E-state index contributed by atoms with van der Waals surface area (Å²) < 4.78 is 36.1. The van der Waals surface area contributed by atoms with Crippen molar-refractivity contribution in [3.8, 4) is 0 Å². The van der Waals surface area contributed by atoms with Gasteiger partial charge in [-0.2, -0.15) is 13.2 Å². The van der Waals surface area contributed by atoms with Crippen molar-refractivity contribution < 1.29 is 18.1 Å². The molecule has 0 spiro atoms. The average Bonchev–Trinajstić information content (AvgIpc) is 2.54. The van der Waals surface area contributed by atoms with Crippen molar-refractivity contribution in [2.75, 3.05) is 11.9 Å². The average molecular weight is 374 g/mol. The van der Waals surface area contributed by atoms with Gasteiger partial charge in [-0.3, -0.25) is 10.1 Å². The van der Waals surface area contributed by atoms with E-state index < -0.39 is 12.6 Å². The van der Waals surface area contributed by atoms with E-state index in [-0.39, 0.29) is 17.0 Å². The van der Waals surface area contributed by atoms with Crippen molar-refractivity contribution in [2.24, 2.45) is 0 Å². The Morgan fingerprint density at radius 2 is 1.62 bits per heavy atom. The van der Waals surface area contributed by atoms with Crippen LogP contribution in [0.4, 0.5) is 24.5 Å². The zero-order valence-corrected chi connectivity index (χ0v) is 15.6. The second kappa shape index (κ2) is 11.0. The van der Waals surface area contributed by atoms with Gasteiger partial charge in [0.1, 0.15) is 5.69 Å². The molecule has 0 aliphatic heterocycles. The van der Waals surface area contributed by atoms with Crippen molar-refractivity contribution in [1.82, 2.24) is 0 Å². The molecule has 0 amide bonds. The van der Waals surface area contributed by atoms with Gasteiger partial charge >= 0.3 is 6.18 Å². The van der Waals surface area contributed by atoms with Crippen LogP contribution in [-0.2, 0) is 6.42 Å². The molecule has 0 radical (unpaired) electrons. The van der Waals surface area contributed by atoms with Crippen molar-refractivity contribution in [2.45, 2.75) is 77.8 Å². The molecule has 4 nitrogen and oxygen atoms in total. The number of unbranched alkanes of at least 4 members (excludes halogenated alkanes) is 6. The lowest BCUT2D eigenvalue weighted by molar-refractivity contribution is -0.384. The van der Waals surface area contributed by atoms with E-state index >= 15 is 0 Å². The second-order valence-electron chi connectivity index (χ2n) is 6.67. The fourth-order valence-electron chi connectivity index (χ4n) is 3.01. The summed E-state index contributed by atoms with van der Waals surface area (Å²) in [7, 11) is 0. The molecule has 0 saturated heterocycles. The van der Waals surface area contributed by atoms with Gasteiger partial charge in [-0.1, -0.05) is 32.1 Å². The van der Waals surface area contributed by atoms with E-state index in [1.807, 2.05) is 19.9 Å². The Labute approximate surface area is 153 Å². The summed E-state index contributed by atoms with van der Waals surface area (Å²) in [4.78, 5) is 10.8. The summed E-state index contributed by atoms with van der Waals surface area (Å²) in [6.45, 7) is 4.41. The van der Waals surface area contributed by atoms with Gasteiger partial charge in [0.05, 0.1) is 4.92 Å². The summed E-state index contributed by atoms with van der Waals surface area (Å²) in [5, 5.41) is 14.2. The summed E-state index contributed by atoms with van der Waals surface area (Å²) >= 11 is 0. The van der Waals surface area contributed by atoms with Gasteiger partial charge < -0.3 is 5.32 Å². The predicted octanol–water partition coefficient (Wildman–Crippen LogP) is 6.56. The minimum Gasteiger partial charge on any atom is -0.380 e. The molecular formula is C19H29F3N2O2. The number of hydrogen-bond donors (Lipinski definition) is 1. The maximum absolute atomic E-state index is 12.0. The highest BCUT2D eigenvalue weighted by atomic mass is 19.4. The van der Waals surface area contributed by atoms with Crippen LogP contribution < -0.4 is 5.32 Å². The highest BCUT2D eigenvalue weighted by Crippen LogP contribution is 2.29. The molecular weight excluding hydrogens is 345 g/mol. The number of anilines is 1. The number of benzene rings is 1. The molecule has 0 heterocycles. The van der Waals surface area contributed by atoms with E-state index in [0.29, 0.717) is 18.7 Å². The maximum atomic E-state index is 12.0. The molecule has 0 atom stereocenters. The van der Waals surface area contributed by atoms with Gasteiger partial charge in [-0.25, -0.2) is 0 Å². The molecule has 26 heavy (non-hydrogen) atoms. The molecule has 148 valence electrons. The number of nitrogens with one attached hydrogen (secondary N) is 1. The molecule has 1 aromatic rings. The lowest BCUT2D eigenvalue weighted by Gasteiger charge is -2.11.